The smallest absolute Gasteiger partial charge is 0.328 e. The molecule has 0 unspecified atom stereocenters. The first-order valence-electron chi connectivity index (χ1n) is 2.39. The molecule has 0 spiro atoms. The quantitative estimate of drug-likeness (QED) is 0.369. The summed E-state index contributed by atoms with van der Waals surface area (Å²) >= 11 is 1.40. The van der Waals surface area contributed by atoms with Crippen molar-refractivity contribution in [2.24, 2.45) is 0 Å². The van der Waals surface area contributed by atoms with Crippen molar-refractivity contribution in [1.82, 2.24) is 0 Å². The van der Waals surface area contributed by atoms with Crippen LogP contribution in [0.15, 0.2) is 24.1 Å². The topological polar surface area (TPSA) is 37.3 Å². The highest BCUT2D eigenvalue weighted by atomic mass is 32.2. The summed E-state index contributed by atoms with van der Waals surface area (Å²) in [6, 6.07) is 0. The van der Waals surface area contributed by atoms with Crippen molar-refractivity contribution in [3.63, 3.8) is 0 Å². The van der Waals surface area contributed by atoms with Crippen molar-refractivity contribution < 1.29 is 9.90 Å². The molecule has 1 N–H and O–H groups in total. The molecule has 0 aliphatic carbocycles. The zero-order valence-electron chi connectivity index (χ0n) is 4.91. The number of rotatable bonds is 4. The van der Waals surface area contributed by atoms with Gasteiger partial charge in [-0.1, -0.05) is 6.08 Å². The lowest BCUT2D eigenvalue weighted by molar-refractivity contribution is -0.131. The summed E-state index contributed by atoms with van der Waals surface area (Å²) in [6.07, 6.45) is 2.82. The maximum atomic E-state index is 9.84. The highest BCUT2D eigenvalue weighted by Crippen LogP contribution is 2.00. The second kappa shape index (κ2) is 5.44. The number of hydrogen-bond donors (Lipinski definition) is 1. The first-order chi connectivity index (χ1) is 4.27. The third kappa shape index (κ3) is 7.30. The van der Waals surface area contributed by atoms with E-state index in [1.165, 1.54) is 17.2 Å². The van der Waals surface area contributed by atoms with Crippen LogP contribution >= 0.6 is 11.8 Å². The van der Waals surface area contributed by atoms with Crippen molar-refractivity contribution in [2.45, 2.75) is 0 Å². The van der Waals surface area contributed by atoms with Gasteiger partial charge >= 0.3 is 5.97 Å². The van der Waals surface area contributed by atoms with Crippen LogP contribution in [0, 0.1) is 0 Å². The average Bonchev–Trinajstić information content (AvgIpc) is 1.80. The SMILES string of the molecule is C=CCS/C=C\C(=O)O. The maximum absolute atomic E-state index is 9.84. The van der Waals surface area contributed by atoms with Crippen molar-refractivity contribution >= 4 is 17.7 Å². The summed E-state index contributed by atoms with van der Waals surface area (Å²) in [5.41, 5.74) is 0. The Morgan fingerprint density at radius 3 is 2.89 bits per heavy atom. The van der Waals surface area contributed by atoms with Crippen LogP contribution in [0.5, 0.6) is 0 Å². The van der Waals surface area contributed by atoms with Crippen molar-refractivity contribution in [3.05, 3.63) is 24.1 Å². The number of carboxylic acids is 1. The third-order valence-electron chi connectivity index (χ3n) is 0.521. The predicted molar refractivity (Wildman–Crippen MR) is 39.4 cm³/mol. The molecule has 0 rings (SSSR count). The molecule has 0 radical (unpaired) electrons. The van der Waals surface area contributed by atoms with E-state index in [1.54, 1.807) is 6.08 Å². The van der Waals surface area contributed by atoms with Crippen molar-refractivity contribution in [3.8, 4) is 0 Å². The van der Waals surface area contributed by atoms with E-state index in [1.807, 2.05) is 0 Å². The Labute approximate surface area is 58.3 Å². The van der Waals surface area contributed by atoms with Gasteiger partial charge in [-0.15, -0.1) is 18.3 Å². The van der Waals surface area contributed by atoms with Crippen LogP contribution in [0.3, 0.4) is 0 Å². The summed E-state index contributed by atoms with van der Waals surface area (Å²) in [5.74, 6) is -0.157. The van der Waals surface area contributed by atoms with Gasteiger partial charge in [0.2, 0.25) is 0 Å². The number of thioether (sulfide) groups is 1. The minimum atomic E-state index is -0.911. The van der Waals surface area contributed by atoms with Gasteiger partial charge in [0.15, 0.2) is 0 Å². The molecular formula is C6H8O2S. The van der Waals surface area contributed by atoms with E-state index in [2.05, 4.69) is 6.58 Å². The Morgan fingerprint density at radius 1 is 1.78 bits per heavy atom. The fourth-order valence-electron chi connectivity index (χ4n) is 0.230. The summed E-state index contributed by atoms with van der Waals surface area (Å²) in [4.78, 5) is 9.84. The fraction of sp³-hybridized carbons (Fsp3) is 0.167. The number of hydrogen-bond acceptors (Lipinski definition) is 2. The molecule has 0 aliphatic rings. The summed E-state index contributed by atoms with van der Waals surface area (Å²) in [7, 11) is 0. The third-order valence-corrected chi connectivity index (χ3v) is 1.28. The van der Waals surface area contributed by atoms with E-state index in [4.69, 9.17) is 5.11 Å². The highest BCUT2D eigenvalue weighted by molar-refractivity contribution is 8.02. The molecule has 3 heteroatoms. The molecule has 0 saturated heterocycles. The minimum Gasteiger partial charge on any atom is -0.478 e. The number of carbonyl (C=O) groups is 1. The summed E-state index contributed by atoms with van der Waals surface area (Å²) in [5, 5.41) is 9.62. The normalized spacial score (nSPS) is 9.78. The Bertz CT molecular complexity index is 129. The molecule has 0 aromatic heterocycles. The van der Waals surface area contributed by atoms with E-state index >= 15 is 0 Å². The molecule has 0 saturated carbocycles. The monoisotopic (exact) mass is 144 g/mol. The van der Waals surface area contributed by atoms with Crippen LogP contribution in [0.4, 0.5) is 0 Å². The molecule has 9 heavy (non-hydrogen) atoms. The van der Waals surface area contributed by atoms with Crippen LogP contribution in [0.1, 0.15) is 0 Å². The molecule has 0 aliphatic heterocycles. The van der Waals surface area contributed by atoms with Gasteiger partial charge in [0.05, 0.1) is 0 Å². The molecule has 0 atom stereocenters. The standard InChI is InChI=1S/C6H8O2S/c1-2-4-9-5-3-6(7)8/h2-3,5H,1,4H2,(H,7,8)/b5-3-. The number of aliphatic carboxylic acids is 1. The van der Waals surface area contributed by atoms with E-state index in [0.717, 1.165) is 11.8 Å². The Kier molecular flexibility index (Phi) is 5.01. The van der Waals surface area contributed by atoms with Gasteiger partial charge in [0, 0.05) is 11.8 Å². The van der Waals surface area contributed by atoms with Gasteiger partial charge in [-0.2, -0.15) is 0 Å². The lowest BCUT2D eigenvalue weighted by Gasteiger charge is -1.81. The largest absolute Gasteiger partial charge is 0.478 e. The van der Waals surface area contributed by atoms with Gasteiger partial charge in [-0.25, -0.2) is 4.79 Å². The van der Waals surface area contributed by atoms with Crippen molar-refractivity contribution in [2.75, 3.05) is 5.75 Å². The van der Waals surface area contributed by atoms with Gasteiger partial charge < -0.3 is 5.11 Å². The molecule has 0 aromatic carbocycles. The van der Waals surface area contributed by atoms with Crippen LogP contribution < -0.4 is 0 Å². The molecule has 2 nitrogen and oxygen atoms in total. The van der Waals surface area contributed by atoms with Gasteiger partial charge in [0.25, 0.3) is 0 Å². The zero-order valence-corrected chi connectivity index (χ0v) is 5.73. The maximum Gasteiger partial charge on any atom is 0.328 e. The molecule has 0 bridgehead atoms. The van der Waals surface area contributed by atoms with Gasteiger partial charge in [-0.05, 0) is 5.41 Å². The second-order valence-corrected chi connectivity index (χ2v) is 2.20. The van der Waals surface area contributed by atoms with Crippen LogP contribution in [0.2, 0.25) is 0 Å². The molecule has 0 fully saturated rings. The van der Waals surface area contributed by atoms with E-state index in [9.17, 15) is 4.79 Å². The average molecular weight is 144 g/mol. The van der Waals surface area contributed by atoms with Crippen LogP contribution in [-0.4, -0.2) is 16.8 Å². The Morgan fingerprint density at radius 2 is 2.44 bits per heavy atom. The Hall–Kier alpha value is -0.700. The van der Waals surface area contributed by atoms with E-state index < -0.39 is 5.97 Å². The van der Waals surface area contributed by atoms with E-state index in [0.29, 0.717) is 0 Å². The van der Waals surface area contributed by atoms with Crippen LogP contribution in [0.25, 0.3) is 0 Å². The molecular weight excluding hydrogens is 136 g/mol. The predicted octanol–water partition coefficient (Wildman–Crippen LogP) is 1.50. The van der Waals surface area contributed by atoms with Gasteiger partial charge in [0.1, 0.15) is 0 Å². The van der Waals surface area contributed by atoms with E-state index in [-0.39, 0.29) is 0 Å². The lowest BCUT2D eigenvalue weighted by Crippen LogP contribution is -1.84. The Balaban J connectivity index is 3.24. The van der Waals surface area contributed by atoms with Crippen molar-refractivity contribution in [1.29, 1.82) is 0 Å². The molecule has 0 aromatic rings. The first kappa shape index (κ1) is 8.30. The molecule has 0 amide bonds. The summed E-state index contributed by atoms with van der Waals surface area (Å²) < 4.78 is 0. The first-order valence-corrected chi connectivity index (χ1v) is 3.44. The van der Waals surface area contributed by atoms with Crippen LogP contribution in [-0.2, 0) is 4.79 Å². The highest BCUT2D eigenvalue weighted by Gasteiger charge is 1.82. The summed E-state index contributed by atoms with van der Waals surface area (Å²) in [6.45, 7) is 3.48. The van der Waals surface area contributed by atoms with Gasteiger partial charge in [-0.3, -0.25) is 0 Å². The lowest BCUT2D eigenvalue weighted by atomic mass is 10.7. The zero-order chi connectivity index (χ0) is 7.11. The minimum absolute atomic E-state index is 0.754. The molecule has 0 heterocycles. The second-order valence-electron chi connectivity index (χ2n) is 1.26. The number of carboxylic acid groups (broad SMARTS) is 1. The molecule has 50 valence electrons. The fourth-order valence-corrected chi connectivity index (χ4v) is 0.690.